The van der Waals surface area contributed by atoms with Gasteiger partial charge in [-0.25, -0.2) is 0 Å². The van der Waals surface area contributed by atoms with Crippen molar-refractivity contribution >= 4 is 17.1 Å². The molecule has 2 aromatic rings. The van der Waals surface area contributed by atoms with Crippen LogP contribution in [0.25, 0.3) is 0 Å². The normalized spacial score (nSPS) is 11.4. The summed E-state index contributed by atoms with van der Waals surface area (Å²) < 4.78 is 39.7. The van der Waals surface area contributed by atoms with E-state index in [0.717, 1.165) is 17.7 Å². The molecule has 0 spiro atoms. The van der Waals surface area contributed by atoms with Crippen LogP contribution in [-0.4, -0.2) is 12.1 Å². The monoisotopic (exact) mass is 286 g/mol. The summed E-state index contributed by atoms with van der Waals surface area (Å²) in [5.74, 6) is -0.544. The molecule has 1 heterocycles. The molecular weight excluding hydrogens is 277 g/mol. The number of alkyl halides is 3. The Labute approximate surface area is 111 Å². The van der Waals surface area contributed by atoms with Crippen LogP contribution in [0.2, 0.25) is 0 Å². The fourth-order valence-corrected chi connectivity index (χ4v) is 2.43. The van der Waals surface area contributed by atoms with E-state index in [1.807, 2.05) is 13.0 Å². The number of thiophene rings is 1. The number of rotatable bonds is 3. The number of carbonyl (C=O) groups excluding carboxylic acids is 1. The third kappa shape index (κ3) is 3.35. The minimum absolute atomic E-state index is 0.203. The number of aryl methyl sites for hydroxylation is 1. The Morgan fingerprint density at radius 3 is 2.26 bits per heavy atom. The second-order valence-electron chi connectivity index (χ2n) is 3.83. The van der Waals surface area contributed by atoms with Crippen molar-refractivity contribution in [2.45, 2.75) is 13.3 Å². The maximum absolute atomic E-state index is 12.1. The average Bonchev–Trinajstić information content (AvgIpc) is 2.73. The summed E-state index contributed by atoms with van der Waals surface area (Å²) in [4.78, 5) is 12.7. The van der Waals surface area contributed by atoms with Gasteiger partial charge in [-0.2, -0.15) is 0 Å². The average molecular weight is 286 g/mol. The smallest absolute Gasteiger partial charge is 0.406 e. The lowest BCUT2D eigenvalue weighted by molar-refractivity contribution is -0.274. The molecule has 1 aromatic heterocycles. The Balaban J connectivity index is 2.19. The SMILES string of the molecule is Cc1ccsc1C(=O)c1ccc(OC(F)(F)F)cc1. The molecule has 6 heteroatoms. The number of hydrogen-bond acceptors (Lipinski definition) is 3. The number of carbonyl (C=O) groups is 1. The van der Waals surface area contributed by atoms with E-state index in [9.17, 15) is 18.0 Å². The van der Waals surface area contributed by atoms with Crippen molar-refractivity contribution in [3.63, 3.8) is 0 Å². The lowest BCUT2D eigenvalue weighted by Crippen LogP contribution is -2.17. The molecule has 0 aliphatic carbocycles. The first-order valence-corrected chi connectivity index (χ1v) is 6.19. The van der Waals surface area contributed by atoms with Crippen molar-refractivity contribution in [1.82, 2.24) is 0 Å². The van der Waals surface area contributed by atoms with Gasteiger partial charge in [0.1, 0.15) is 5.75 Å². The summed E-state index contributed by atoms with van der Waals surface area (Å²) in [7, 11) is 0. The van der Waals surface area contributed by atoms with Crippen LogP contribution < -0.4 is 4.74 Å². The van der Waals surface area contributed by atoms with Crippen LogP contribution in [0.15, 0.2) is 35.7 Å². The van der Waals surface area contributed by atoms with Gasteiger partial charge in [0.05, 0.1) is 4.88 Å². The fraction of sp³-hybridized carbons (Fsp3) is 0.154. The van der Waals surface area contributed by atoms with E-state index in [4.69, 9.17) is 0 Å². The van der Waals surface area contributed by atoms with Gasteiger partial charge in [-0.3, -0.25) is 4.79 Å². The molecule has 19 heavy (non-hydrogen) atoms. The van der Waals surface area contributed by atoms with Gasteiger partial charge in [0.15, 0.2) is 0 Å². The predicted octanol–water partition coefficient (Wildman–Crippen LogP) is 4.19. The van der Waals surface area contributed by atoms with Crippen LogP contribution in [-0.2, 0) is 0 Å². The van der Waals surface area contributed by atoms with Gasteiger partial charge in [0.25, 0.3) is 0 Å². The fourth-order valence-electron chi connectivity index (χ4n) is 1.54. The van der Waals surface area contributed by atoms with E-state index >= 15 is 0 Å². The quantitative estimate of drug-likeness (QED) is 0.791. The van der Waals surface area contributed by atoms with E-state index in [1.165, 1.54) is 23.5 Å². The zero-order valence-electron chi connectivity index (χ0n) is 9.82. The van der Waals surface area contributed by atoms with Gasteiger partial charge in [-0.15, -0.1) is 24.5 Å². The van der Waals surface area contributed by atoms with Crippen molar-refractivity contribution < 1.29 is 22.7 Å². The minimum Gasteiger partial charge on any atom is -0.406 e. The first kappa shape index (κ1) is 13.6. The molecule has 0 aliphatic rings. The number of hydrogen-bond donors (Lipinski definition) is 0. The largest absolute Gasteiger partial charge is 0.573 e. The van der Waals surface area contributed by atoms with Crippen LogP contribution in [0.3, 0.4) is 0 Å². The maximum Gasteiger partial charge on any atom is 0.573 e. The molecule has 0 fully saturated rings. The number of benzene rings is 1. The van der Waals surface area contributed by atoms with Crippen LogP contribution in [0.1, 0.15) is 20.8 Å². The van der Waals surface area contributed by atoms with E-state index in [-0.39, 0.29) is 11.5 Å². The summed E-state index contributed by atoms with van der Waals surface area (Å²) in [5, 5.41) is 1.80. The Morgan fingerprint density at radius 1 is 1.16 bits per heavy atom. The van der Waals surface area contributed by atoms with Gasteiger partial charge in [-0.05, 0) is 48.2 Å². The van der Waals surface area contributed by atoms with Gasteiger partial charge in [-0.1, -0.05) is 0 Å². The van der Waals surface area contributed by atoms with Crippen LogP contribution in [0.4, 0.5) is 13.2 Å². The molecule has 100 valence electrons. The van der Waals surface area contributed by atoms with Crippen molar-refractivity contribution in [3.8, 4) is 5.75 Å². The molecule has 0 aliphatic heterocycles. The highest BCUT2D eigenvalue weighted by Crippen LogP contribution is 2.25. The lowest BCUT2D eigenvalue weighted by Gasteiger charge is -2.08. The van der Waals surface area contributed by atoms with E-state index < -0.39 is 6.36 Å². The highest BCUT2D eigenvalue weighted by atomic mass is 32.1. The molecule has 0 bridgehead atoms. The highest BCUT2D eigenvalue weighted by Gasteiger charge is 2.31. The highest BCUT2D eigenvalue weighted by molar-refractivity contribution is 7.12. The van der Waals surface area contributed by atoms with Crippen LogP contribution in [0.5, 0.6) is 5.75 Å². The van der Waals surface area contributed by atoms with E-state index in [0.29, 0.717) is 10.4 Å². The molecule has 0 atom stereocenters. The summed E-state index contributed by atoms with van der Waals surface area (Å²) in [6.45, 7) is 1.81. The Kier molecular flexibility index (Phi) is 3.61. The minimum atomic E-state index is -4.73. The maximum atomic E-state index is 12.1. The molecule has 0 saturated carbocycles. The number of ether oxygens (including phenoxy) is 1. The molecule has 0 saturated heterocycles. The summed E-state index contributed by atoms with van der Waals surface area (Å²) >= 11 is 1.31. The van der Waals surface area contributed by atoms with Gasteiger partial charge in [0.2, 0.25) is 5.78 Å². The van der Waals surface area contributed by atoms with Crippen molar-refractivity contribution in [2.24, 2.45) is 0 Å². The first-order valence-electron chi connectivity index (χ1n) is 5.31. The van der Waals surface area contributed by atoms with Crippen molar-refractivity contribution in [1.29, 1.82) is 0 Å². The van der Waals surface area contributed by atoms with Crippen LogP contribution >= 0.6 is 11.3 Å². The van der Waals surface area contributed by atoms with Gasteiger partial charge >= 0.3 is 6.36 Å². The molecule has 1 aromatic carbocycles. The van der Waals surface area contributed by atoms with E-state index in [1.54, 1.807) is 5.38 Å². The summed E-state index contributed by atoms with van der Waals surface area (Å²) in [5.41, 5.74) is 1.19. The molecule has 0 N–H and O–H groups in total. The lowest BCUT2D eigenvalue weighted by atomic mass is 10.1. The zero-order chi connectivity index (χ0) is 14.0. The van der Waals surface area contributed by atoms with Crippen molar-refractivity contribution in [2.75, 3.05) is 0 Å². The van der Waals surface area contributed by atoms with E-state index in [2.05, 4.69) is 4.74 Å². The van der Waals surface area contributed by atoms with Crippen LogP contribution in [0, 0.1) is 6.92 Å². The summed E-state index contributed by atoms with van der Waals surface area (Å²) in [6, 6.07) is 6.72. The topological polar surface area (TPSA) is 26.3 Å². The zero-order valence-corrected chi connectivity index (χ0v) is 10.6. The summed E-state index contributed by atoms with van der Waals surface area (Å²) in [6.07, 6.45) is -4.73. The molecule has 0 unspecified atom stereocenters. The second kappa shape index (κ2) is 5.05. The number of halogens is 3. The van der Waals surface area contributed by atoms with Gasteiger partial charge < -0.3 is 4.74 Å². The third-order valence-electron chi connectivity index (χ3n) is 2.42. The molecule has 0 radical (unpaired) electrons. The first-order chi connectivity index (χ1) is 8.87. The Bertz CT molecular complexity index is 585. The standard InChI is InChI=1S/C13H9F3O2S/c1-8-6-7-19-12(8)11(17)9-2-4-10(5-3-9)18-13(14,15)16/h2-7H,1H3. The van der Waals surface area contributed by atoms with Crippen molar-refractivity contribution in [3.05, 3.63) is 51.7 Å². The molecule has 2 rings (SSSR count). The third-order valence-corrected chi connectivity index (χ3v) is 3.43. The Hall–Kier alpha value is -1.82. The number of ketones is 1. The predicted molar refractivity (Wildman–Crippen MR) is 65.6 cm³/mol. The molecule has 0 amide bonds. The molecule has 2 nitrogen and oxygen atoms in total. The molecular formula is C13H9F3O2S. The van der Waals surface area contributed by atoms with Gasteiger partial charge in [0, 0.05) is 5.56 Å². The second-order valence-corrected chi connectivity index (χ2v) is 4.75. The Morgan fingerprint density at radius 2 is 1.79 bits per heavy atom.